The minimum absolute atomic E-state index is 0.720. The van der Waals surface area contributed by atoms with E-state index in [4.69, 9.17) is 9.47 Å². The largest absolute Gasteiger partial charge is 0.493 e. The van der Waals surface area contributed by atoms with Gasteiger partial charge in [0, 0.05) is 12.1 Å². The van der Waals surface area contributed by atoms with E-state index in [1.54, 1.807) is 25.6 Å². The molecule has 0 aliphatic heterocycles. The fourth-order valence-electron chi connectivity index (χ4n) is 2.39. The summed E-state index contributed by atoms with van der Waals surface area (Å²) >= 11 is 1.59. The van der Waals surface area contributed by atoms with Crippen molar-refractivity contribution < 1.29 is 9.47 Å². The second kappa shape index (κ2) is 7.31. The second-order valence-electron chi connectivity index (χ2n) is 5.31. The average molecular weight is 341 g/mol. The van der Waals surface area contributed by atoms with E-state index in [0.29, 0.717) is 0 Å². The maximum Gasteiger partial charge on any atom is 0.204 e. The Morgan fingerprint density at radius 3 is 2.67 bits per heavy atom. The first-order valence-electron chi connectivity index (χ1n) is 7.55. The molecule has 0 amide bonds. The van der Waals surface area contributed by atoms with Gasteiger partial charge in [0.1, 0.15) is 0 Å². The lowest BCUT2D eigenvalue weighted by Crippen LogP contribution is -2.02. The van der Waals surface area contributed by atoms with E-state index in [9.17, 15) is 0 Å². The predicted octanol–water partition coefficient (Wildman–Crippen LogP) is 4.34. The highest BCUT2D eigenvalue weighted by Gasteiger charge is 2.06. The molecule has 1 aromatic heterocycles. The minimum Gasteiger partial charge on any atom is -0.493 e. The number of fused-ring (bicyclic) bond motifs is 1. The number of hydrogen-bond donors (Lipinski definition) is 1. The summed E-state index contributed by atoms with van der Waals surface area (Å²) in [6.07, 6.45) is 0.720. The summed E-state index contributed by atoms with van der Waals surface area (Å²) < 4.78 is 11.7. The van der Waals surface area contributed by atoms with Crippen LogP contribution in [0.25, 0.3) is 10.2 Å². The van der Waals surface area contributed by atoms with Crippen LogP contribution < -0.4 is 14.9 Å². The molecule has 1 N–H and O–H groups in total. The third kappa shape index (κ3) is 3.65. The number of aromatic nitrogens is 1. The first kappa shape index (κ1) is 16.3. The molecule has 1 heterocycles. The Balaban J connectivity index is 1.69. The number of methoxy groups -OCH3 is 2. The van der Waals surface area contributed by atoms with Gasteiger partial charge in [-0.05, 0) is 36.8 Å². The monoisotopic (exact) mass is 341 g/mol. The van der Waals surface area contributed by atoms with E-state index < -0.39 is 0 Å². The van der Waals surface area contributed by atoms with Gasteiger partial charge in [-0.25, -0.2) is 4.98 Å². The van der Waals surface area contributed by atoms with Crippen LogP contribution in [0.1, 0.15) is 12.5 Å². The van der Waals surface area contributed by atoms with Crippen molar-refractivity contribution in [2.24, 2.45) is 5.10 Å². The molecule has 5 nitrogen and oxygen atoms in total. The van der Waals surface area contributed by atoms with Crippen molar-refractivity contribution in [1.29, 1.82) is 0 Å². The lowest BCUT2D eigenvalue weighted by molar-refractivity contribution is 0.354. The highest BCUT2D eigenvalue weighted by Crippen LogP contribution is 2.28. The Labute approximate surface area is 144 Å². The van der Waals surface area contributed by atoms with Crippen molar-refractivity contribution in [3.63, 3.8) is 0 Å². The van der Waals surface area contributed by atoms with Crippen molar-refractivity contribution in [2.75, 3.05) is 19.6 Å². The van der Waals surface area contributed by atoms with E-state index >= 15 is 0 Å². The van der Waals surface area contributed by atoms with Crippen molar-refractivity contribution in [1.82, 2.24) is 4.98 Å². The van der Waals surface area contributed by atoms with Crippen LogP contribution in [-0.4, -0.2) is 24.9 Å². The van der Waals surface area contributed by atoms with Crippen LogP contribution in [0.4, 0.5) is 5.13 Å². The summed E-state index contributed by atoms with van der Waals surface area (Å²) in [5.41, 5.74) is 6.10. The van der Waals surface area contributed by atoms with Gasteiger partial charge in [0.25, 0.3) is 0 Å². The molecule has 0 saturated heterocycles. The van der Waals surface area contributed by atoms with Gasteiger partial charge in [0.2, 0.25) is 5.13 Å². The molecule has 0 radical (unpaired) electrons. The molecule has 24 heavy (non-hydrogen) atoms. The standard InChI is InChI=1S/C18H19N3O2S/c1-12(10-13-8-9-15(22-2)16(11-13)23-3)20-21-18-19-14-6-4-5-7-17(14)24-18/h4-9,11H,10H2,1-3H3,(H,19,21)/b20-12-. The lowest BCUT2D eigenvalue weighted by Gasteiger charge is -2.09. The number of nitrogens with one attached hydrogen (secondary N) is 1. The fraction of sp³-hybridized carbons (Fsp3) is 0.222. The second-order valence-corrected chi connectivity index (χ2v) is 6.34. The Morgan fingerprint density at radius 1 is 1.12 bits per heavy atom. The number of ether oxygens (including phenoxy) is 2. The molecule has 0 unspecified atom stereocenters. The topological polar surface area (TPSA) is 55.7 Å². The summed E-state index contributed by atoms with van der Waals surface area (Å²) in [6, 6.07) is 13.9. The Hall–Kier alpha value is -2.60. The molecule has 0 aliphatic rings. The molecular weight excluding hydrogens is 322 g/mol. The predicted molar refractivity (Wildman–Crippen MR) is 99.6 cm³/mol. The average Bonchev–Trinajstić information content (AvgIpc) is 3.03. The van der Waals surface area contributed by atoms with Crippen LogP contribution in [0, 0.1) is 0 Å². The molecular formula is C18H19N3O2S. The van der Waals surface area contributed by atoms with Crippen LogP contribution >= 0.6 is 11.3 Å². The van der Waals surface area contributed by atoms with Crippen LogP contribution in [0.2, 0.25) is 0 Å². The Bertz CT molecular complexity index is 841. The van der Waals surface area contributed by atoms with Gasteiger partial charge in [0.05, 0.1) is 24.4 Å². The zero-order valence-electron chi connectivity index (χ0n) is 13.9. The van der Waals surface area contributed by atoms with Gasteiger partial charge in [-0.1, -0.05) is 29.5 Å². The van der Waals surface area contributed by atoms with Crippen molar-refractivity contribution in [3.05, 3.63) is 48.0 Å². The zero-order chi connectivity index (χ0) is 16.9. The van der Waals surface area contributed by atoms with Gasteiger partial charge >= 0.3 is 0 Å². The number of nitrogens with zero attached hydrogens (tertiary/aromatic N) is 2. The summed E-state index contributed by atoms with van der Waals surface area (Å²) in [5, 5.41) is 5.22. The van der Waals surface area contributed by atoms with E-state index in [-0.39, 0.29) is 0 Å². The van der Waals surface area contributed by atoms with Gasteiger partial charge in [0.15, 0.2) is 11.5 Å². The number of anilines is 1. The summed E-state index contributed by atoms with van der Waals surface area (Å²) in [4.78, 5) is 4.51. The molecule has 0 aliphatic carbocycles. The van der Waals surface area contributed by atoms with Gasteiger partial charge in [-0.3, -0.25) is 5.43 Å². The first-order chi connectivity index (χ1) is 11.7. The molecule has 3 rings (SSSR count). The van der Waals surface area contributed by atoms with Crippen LogP contribution in [0.15, 0.2) is 47.6 Å². The smallest absolute Gasteiger partial charge is 0.204 e. The number of hydrogen-bond acceptors (Lipinski definition) is 6. The SMILES string of the molecule is COc1ccc(C/C(C)=N\Nc2nc3ccccc3s2)cc1OC. The molecule has 6 heteroatoms. The Morgan fingerprint density at radius 2 is 1.92 bits per heavy atom. The molecule has 0 atom stereocenters. The molecule has 124 valence electrons. The van der Waals surface area contributed by atoms with Gasteiger partial charge < -0.3 is 9.47 Å². The number of benzene rings is 2. The maximum absolute atomic E-state index is 5.33. The normalized spacial score (nSPS) is 11.5. The number of para-hydroxylation sites is 1. The lowest BCUT2D eigenvalue weighted by atomic mass is 10.1. The van der Waals surface area contributed by atoms with Crippen molar-refractivity contribution >= 4 is 32.4 Å². The summed E-state index contributed by atoms with van der Waals surface area (Å²) in [5.74, 6) is 1.45. The molecule has 0 saturated carbocycles. The van der Waals surface area contributed by atoms with Crippen molar-refractivity contribution in [2.45, 2.75) is 13.3 Å². The molecule has 0 spiro atoms. The molecule has 2 aromatic carbocycles. The van der Waals surface area contributed by atoms with Crippen LogP contribution in [0.5, 0.6) is 11.5 Å². The van der Waals surface area contributed by atoms with Crippen molar-refractivity contribution in [3.8, 4) is 11.5 Å². The highest BCUT2D eigenvalue weighted by atomic mass is 32.1. The third-order valence-corrected chi connectivity index (χ3v) is 4.49. The van der Waals surface area contributed by atoms with E-state index in [2.05, 4.69) is 21.6 Å². The first-order valence-corrected chi connectivity index (χ1v) is 8.37. The molecule has 3 aromatic rings. The number of hydrazone groups is 1. The van der Waals surface area contributed by atoms with E-state index in [0.717, 1.165) is 44.5 Å². The zero-order valence-corrected chi connectivity index (χ0v) is 14.7. The maximum atomic E-state index is 5.33. The fourth-order valence-corrected chi connectivity index (χ4v) is 3.20. The highest BCUT2D eigenvalue weighted by molar-refractivity contribution is 7.22. The molecule has 0 fully saturated rings. The number of rotatable bonds is 6. The Kier molecular flexibility index (Phi) is 4.96. The van der Waals surface area contributed by atoms with E-state index in [1.165, 1.54) is 0 Å². The van der Waals surface area contributed by atoms with Gasteiger partial charge in [-0.15, -0.1) is 0 Å². The quantitative estimate of drug-likeness (QED) is 0.535. The summed E-state index contributed by atoms with van der Waals surface area (Å²) in [7, 11) is 3.27. The van der Waals surface area contributed by atoms with E-state index in [1.807, 2.05) is 43.3 Å². The number of thiazole rings is 1. The van der Waals surface area contributed by atoms with Gasteiger partial charge in [-0.2, -0.15) is 5.10 Å². The van der Waals surface area contributed by atoms with Crippen LogP contribution in [0.3, 0.4) is 0 Å². The van der Waals surface area contributed by atoms with Crippen LogP contribution in [-0.2, 0) is 6.42 Å². The third-order valence-electron chi connectivity index (χ3n) is 3.54. The summed E-state index contributed by atoms with van der Waals surface area (Å²) in [6.45, 7) is 1.98. The molecule has 0 bridgehead atoms. The minimum atomic E-state index is 0.720.